The molecular formula is C14H10IN. The van der Waals surface area contributed by atoms with E-state index in [4.69, 9.17) is 5.73 Å². The molecule has 2 rings (SSSR count). The van der Waals surface area contributed by atoms with Gasteiger partial charge in [-0.05, 0) is 71.1 Å². The smallest absolute Gasteiger partial charge is 0.0314 e. The highest BCUT2D eigenvalue weighted by Gasteiger charge is 1.88. The van der Waals surface area contributed by atoms with Crippen LogP contribution in [0.1, 0.15) is 11.1 Å². The molecule has 0 aliphatic carbocycles. The van der Waals surface area contributed by atoms with Gasteiger partial charge in [0.25, 0.3) is 0 Å². The molecule has 0 heterocycles. The van der Waals surface area contributed by atoms with E-state index in [-0.39, 0.29) is 0 Å². The first-order valence-corrected chi connectivity index (χ1v) is 5.95. The van der Waals surface area contributed by atoms with Gasteiger partial charge < -0.3 is 5.73 Å². The van der Waals surface area contributed by atoms with Crippen molar-refractivity contribution >= 4 is 28.3 Å². The lowest BCUT2D eigenvalue weighted by Gasteiger charge is -1.92. The lowest BCUT2D eigenvalue weighted by atomic mass is 10.2. The van der Waals surface area contributed by atoms with Gasteiger partial charge >= 0.3 is 0 Å². The van der Waals surface area contributed by atoms with E-state index in [1.54, 1.807) is 0 Å². The Morgan fingerprint density at radius 2 is 1.19 bits per heavy atom. The summed E-state index contributed by atoms with van der Waals surface area (Å²) in [5.41, 5.74) is 8.37. The summed E-state index contributed by atoms with van der Waals surface area (Å²) in [5, 5.41) is 0. The fourth-order valence-corrected chi connectivity index (χ4v) is 1.60. The maximum absolute atomic E-state index is 5.60. The highest BCUT2D eigenvalue weighted by Crippen LogP contribution is 2.07. The van der Waals surface area contributed by atoms with Gasteiger partial charge in [-0.15, -0.1) is 0 Å². The Balaban J connectivity index is 2.21. The zero-order valence-electron chi connectivity index (χ0n) is 8.57. The van der Waals surface area contributed by atoms with Crippen LogP contribution in [0.15, 0.2) is 48.5 Å². The normalized spacial score (nSPS) is 9.31. The van der Waals surface area contributed by atoms with Crippen LogP contribution < -0.4 is 5.73 Å². The number of halogens is 1. The first kappa shape index (κ1) is 11.0. The van der Waals surface area contributed by atoms with Crippen molar-refractivity contribution in [2.45, 2.75) is 0 Å². The second kappa shape index (κ2) is 5.04. The van der Waals surface area contributed by atoms with Crippen LogP contribution in [-0.4, -0.2) is 0 Å². The number of hydrogen-bond donors (Lipinski definition) is 1. The molecule has 2 aromatic rings. The monoisotopic (exact) mass is 319 g/mol. The maximum atomic E-state index is 5.60. The van der Waals surface area contributed by atoms with Gasteiger partial charge in [-0.25, -0.2) is 0 Å². The molecule has 0 aliphatic rings. The number of nitrogens with two attached hydrogens (primary N) is 1. The summed E-state index contributed by atoms with van der Waals surface area (Å²) in [6.07, 6.45) is 0. The van der Waals surface area contributed by atoms with E-state index in [1.165, 1.54) is 3.57 Å². The number of anilines is 1. The molecule has 2 aromatic carbocycles. The fourth-order valence-electron chi connectivity index (χ4n) is 1.24. The topological polar surface area (TPSA) is 26.0 Å². The van der Waals surface area contributed by atoms with Gasteiger partial charge in [0.1, 0.15) is 0 Å². The molecule has 16 heavy (non-hydrogen) atoms. The average Bonchev–Trinajstić information content (AvgIpc) is 2.30. The Morgan fingerprint density at radius 1 is 0.750 bits per heavy atom. The van der Waals surface area contributed by atoms with Gasteiger partial charge in [-0.1, -0.05) is 11.8 Å². The SMILES string of the molecule is Nc1ccc(C#Cc2ccc(I)cc2)cc1. The molecule has 2 N–H and O–H groups in total. The van der Waals surface area contributed by atoms with Gasteiger partial charge in [-0.2, -0.15) is 0 Å². The minimum Gasteiger partial charge on any atom is -0.399 e. The van der Waals surface area contributed by atoms with Crippen LogP contribution in [0.3, 0.4) is 0 Å². The van der Waals surface area contributed by atoms with E-state index in [0.717, 1.165) is 16.8 Å². The zero-order valence-corrected chi connectivity index (χ0v) is 10.7. The third-order valence-electron chi connectivity index (χ3n) is 2.11. The Morgan fingerprint density at radius 3 is 1.69 bits per heavy atom. The summed E-state index contributed by atoms with van der Waals surface area (Å²) in [4.78, 5) is 0. The zero-order chi connectivity index (χ0) is 11.4. The molecule has 0 saturated carbocycles. The Labute approximate surface area is 109 Å². The van der Waals surface area contributed by atoms with E-state index in [2.05, 4.69) is 34.4 Å². The third-order valence-corrected chi connectivity index (χ3v) is 2.83. The van der Waals surface area contributed by atoms with Crippen LogP contribution >= 0.6 is 22.6 Å². The Hall–Kier alpha value is -1.47. The minimum absolute atomic E-state index is 0.764. The van der Waals surface area contributed by atoms with E-state index in [0.29, 0.717) is 0 Å². The first-order valence-electron chi connectivity index (χ1n) is 4.87. The van der Waals surface area contributed by atoms with Crippen LogP contribution in [0.5, 0.6) is 0 Å². The second-order valence-corrected chi connectivity index (χ2v) is 4.62. The molecule has 0 spiro atoms. The molecule has 0 radical (unpaired) electrons. The van der Waals surface area contributed by atoms with Gasteiger partial charge in [0, 0.05) is 20.4 Å². The first-order chi connectivity index (χ1) is 7.74. The van der Waals surface area contributed by atoms with Crippen LogP contribution in [0, 0.1) is 15.4 Å². The van der Waals surface area contributed by atoms with Crippen molar-refractivity contribution in [2.24, 2.45) is 0 Å². The van der Waals surface area contributed by atoms with Crippen molar-refractivity contribution in [1.29, 1.82) is 0 Å². The largest absolute Gasteiger partial charge is 0.399 e. The maximum Gasteiger partial charge on any atom is 0.0314 e. The fraction of sp³-hybridized carbons (Fsp3) is 0. The molecule has 2 heteroatoms. The van der Waals surface area contributed by atoms with Crippen LogP contribution in [0.4, 0.5) is 5.69 Å². The van der Waals surface area contributed by atoms with Gasteiger partial charge in [0.2, 0.25) is 0 Å². The molecule has 0 unspecified atom stereocenters. The lowest BCUT2D eigenvalue weighted by molar-refractivity contribution is 1.59. The van der Waals surface area contributed by atoms with E-state index < -0.39 is 0 Å². The molecule has 78 valence electrons. The van der Waals surface area contributed by atoms with Crippen molar-refractivity contribution in [1.82, 2.24) is 0 Å². The molecule has 0 saturated heterocycles. The summed E-state index contributed by atoms with van der Waals surface area (Å²) < 4.78 is 1.22. The Kier molecular flexibility index (Phi) is 3.47. The highest BCUT2D eigenvalue weighted by atomic mass is 127. The van der Waals surface area contributed by atoms with Gasteiger partial charge in [0.05, 0.1) is 0 Å². The van der Waals surface area contributed by atoms with Crippen LogP contribution in [0.2, 0.25) is 0 Å². The van der Waals surface area contributed by atoms with Crippen LogP contribution in [-0.2, 0) is 0 Å². The number of rotatable bonds is 0. The summed E-state index contributed by atoms with van der Waals surface area (Å²) >= 11 is 2.28. The number of nitrogen functional groups attached to an aromatic ring is 1. The van der Waals surface area contributed by atoms with Crippen molar-refractivity contribution in [3.63, 3.8) is 0 Å². The molecule has 0 bridgehead atoms. The van der Waals surface area contributed by atoms with Crippen molar-refractivity contribution in [3.05, 3.63) is 63.2 Å². The molecule has 0 aromatic heterocycles. The van der Waals surface area contributed by atoms with Crippen molar-refractivity contribution < 1.29 is 0 Å². The van der Waals surface area contributed by atoms with E-state index in [1.807, 2.05) is 48.5 Å². The third kappa shape index (κ3) is 3.01. The van der Waals surface area contributed by atoms with Crippen molar-refractivity contribution in [3.8, 4) is 11.8 Å². The van der Waals surface area contributed by atoms with E-state index in [9.17, 15) is 0 Å². The predicted octanol–water partition coefficient (Wildman–Crippen LogP) is 3.27. The van der Waals surface area contributed by atoms with Gasteiger partial charge in [0.15, 0.2) is 0 Å². The summed E-state index contributed by atoms with van der Waals surface area (Å²) in [6, 6.07) is 15.7. The van der Waals surface area contributed by atoms with E-state index >= 15 is 0 Å². The minimum atomic E-state index is 0.764. The highest BCUT2D eigenvalue weighted by molar-refractivity contribution is 14.1. The summed E-state index contributed by atoms with van der Waals surface area (Å²) in [6.45, 7) is 0. The van der Waals surface area contributed by atoms with Gasteiger partial charge in [-0.3, -0.25) is 0 Å². The molecule has 0 aliphatic heterocycles. The van der Waals surface area contributed by atoms with Crippen LogP contribution in [0.25, 0.3) is 0 Å². The second-order valence-electron chi connectivity index (χ2n) is 3.38. The molecule has 0 atom stereocenters. The summed E-state index contributed by atoms with van der Waals surface area (Å²) in [7, 11) is 0. The average molecular weight is 319 g/mol. The molecule has 0 fully saturated rings. The molecule has 0 amide bonds. The number of hydrogen-bond acceptors (Lipinski definition) is 1. The number of benzene rings is 2. The van der Waals surface area contributed by atoms with Crippen molar-refractivity contribution in [2.75, 3.05) is 5.73 Å². The quantitative estimate of drug-likeness (QED) is 0.450. The summed E-state index contributed by atoms with van der Waals surface area (Å²) in [5.74, 6) is 6.21. The Bertz CT molecular complexity index is 480. The standard InChI is InChI=1S/C14H10IN/c15-13-7-3-11(4-8-13)1-2-12-5-9-14(16)10-6-12/h3-10H,16H2. The lowest BCUT2D eigenvalue weighted by Crippen LogP contribution is -1.83. The molecule has 1 nitrogen and oxygen atoms in total. The predicted molar refractivity (Wildman–Crippen MR) is 76.0 cm³/mol. The molecular weight excluding hydrogens is 309 g/mol.